The molecule has 0 unspecified atom stereocenters. The van der Waals surface area contributed by atoms with Crippen molar-refractivity contribution in [3.8, 4) is 0 Å². The van der Waals surface area contributed by atoms with Gasteiger partial charge < -0.3 is 15.6 Å². The zero-order chi connectivity index (χ0) is 20.2. The molecule has 0 bridgehead atoms. The monoisotopic (exact) mass is 419 g/mol. The zero-order valence-corrected chi connectivity index (χ0v) is 17.6. The topological polar surface area (TPSA) is 39.8 Å². The van der Waals surface area contributed by atoms with E-state index in [1.807, 2.05) is 37.3 Å². The van der Waals surface area contributed by atoms with Crippen molar-refractivity contribution in [2.24, 2.45) is 0 Å². The van der Waals surface area contributed by atoms with E-state index in [1.54, 1.807) is 0 Å². The highest BCUT2D eigenvalue weighted by Crippen LogP contribution is 2.30. The van der Waals surface area contributed by atoms with Gasteiger partial charge in [0, 0.05) is 40.3 Å². The van der Waals surface area contributed by atoms with E-state index >= 15 is 0 Å². The number of hydrogen-bond donors (Lipinski definition) is 3. The largest absolute Gasteiger partial charge is 0.361 e. The van der Waals surface area contributed by atoms with Crippen LogP contribution in [0.15, 0.2) is 79.0 Å². The molecule has 0 aliphatic carbocycles. The summed E-state index contributed by atoms with van der Waals surface area (Å²) >= 11 is 11.8. The van der Waals surface area contributed by atoms with E-state index in [9.17, 15) is 0 Å². The summed E-state index contributed by atoms with van der Waals surface area (Å²) in [5, 5.41) is 9.19. The van der Waals surface area contributed by atoms with Gasteiger partial charge in [0.1, 0.15) is 0 Å². The molecular weight excluding hydrogens is 398 g/mol. The predicted molar refractivity (Wildman–Crippen MR) is 127 cm³/mol. The van der Waals surface area contributed by atoms with Crippen molar-refractivity contribution >= 4 is 45.5 Å². The number of fused-ring (bicyclic) bond motifs is 1. The van der Waals surface area contributed by atoms with Gasteiger partial charge in [0.2, 0.25) is 0 Å². The normalized spacial score (nSPS) is 11.9. The molecule has 0 saturated carbocycles. The SMILES string of the molecule is Cc1c(Cl)cccc1NC(=S)NC[C@@H](c1ccccc1)c1c[nH]c2ccccc12. The molecular formula is C24H22ClN3S. The van der Waals surface area contributed by atoms with E-state index in [1.165, 1.54) is 16.5 Å². The van der Waals surface area contributed by atoms with Crippen molar-refractivity contribution in [3.05, 3.63) is 101 Å². The molecule has 1 atom stereocenters. The first kappa shape index (κ1) is 19.5. The molecule has 0 saturated heterocycles. The van der Waals surface area contributed by atoms with Gasteiger partial charge in [-0.1, -0.05) is 66.2 Å². The standard InChI is InChI=1S/C24H22ClN3S/c1-16-21(25)11-7-13-22(16)28-24(29)27-14-19(17-8-3-2-4-9-17)20-15-26-23-12-6-5-10-18(20)23/h2-13,15,19,26H,14H2,1H3,(H2,27,28,29)/t19-/m0/s1. The maximum absolute atomic E-state index is 6.22. The average Bonchev–Trinajstić information content (AvgIpc) is 3.16. The van der Waals surface area contributed by atoms with Gasteiger partial charge in [-0.3, -0.25) is 0 Å². The molecule has 29 heavy (non-hydrogen) atoms. The lowest BCUT2D eigenvalue weighted by Gasteiger charge is -2.20. The Morgan fingerprint density at radius 3 is 2.59 bits per heavy atom. The van der Waals surface area contributed by atoms with Crippen LogP contribution < -0.4 is 10.6 Å². The van der Waals surface area contributed by atoms with E-state index in [4.69, 9.17) is 23.8 Å². The van der Waals surface area contributed by atoms with Crippen LogP contribution in [-0.2, 0) is 0 Å². The van der Waals surface area contributed by atoms with Crippen LogP contribution in [0.1, 0.15) is 22.6 Å². The Kier molecular flexibility index (Phi) is 5.84. The molecule has 1 aromatic heterocycles. The Morgan fingerprint density at radius 2 is 1.76 bits per heavy atom. The van der Waals surface area contributed by atoms with Gasteiger partial charge in [-0.2, -0.15) is 0 Å². The lowest BCUT2D eigenvalue weighted by molar-refractivity contribution is 0.766. The van der Waals surface area contributed by atoms with Gasteiger partial charge in [0.25, 0.3) is 0 Å². The van der Waals surface area contributed by atoms with Crippen molar-refractivity contribution in [1.29, 1.82) is 0 Å². The van der Waals surface area contributed by atoms with E-state index in [-0.39, 0.29) is 5.92 Å². The second-order valence-corrected chi connectivity index (χ2v) is 7.82. The molecule has 0 aliphatic rings. The van der Waals surface area contributed by atoms with Crippen molar-refractivity contribution in [3.63, 3.8) is 0 Å². The Balaban J connectivity index is 1.56. The quantitative estimate of drug-likeness (QED) is 0.335. The summed E-state index contributed by atoms with van der Waals surface area (Å²) in [6, 6.07) is 24.6. The highest BCUT2D eigenvalue weighted by molar-refractivity contribution is 7.80. The van der Waals surface area contributed by atoms with Crippen LogP contribution in [-0.4, -0.2) is 16.6 Å². The van der Waals surface area contributed by atoms with E-state index in [2.05, 4.69) is 64.3 Å². The lowest BCUT2D eigenvalue weighted by Crippen LogP contribution is -2.32. The fourth-order valence-corrected chi connectivity index (χ4v) is 3.95. The molecule has 0 fully saturated rings. The van der Waals surface area contributed by atoms with Crippen molar-refractivity contribution < 1.29 is 0 Å². The van der Waals surface area contributed by atoms with Crippen LogP contribution in [0.2, 0.25) is 5.02 Å². The van der Waals surface area contributed by atoms with Crippen molar-refractivity contribution in [1.82, 2.24) is 10.3 Å². The third kappa shape index (κ3) is 4.29. The summed E-state index contributed by atoms with van der Waals surface area (Å²) < 4.78 is 0. The molecule has 0 aliphatic heterocycles. The van der Waals surface area contributed by atoms with Crippen molar-refractivity contribution in [2.75, 3.05) is 11.9 Å². The minimum Gasteiger partial charge on any atom is -0.361 e. The minimum absolute atomic E-state index is 0.160. The van der Waals surface area contributed by atoms with E-state index in [0.717, 1.165) is 21.8 Å². The Hall–Kier alpha value is -2.82. The van der Waals surface area contributed by atoms with Crippen LogP contribution in [0.4, 0.5) is 5.69 Å². The molecule has 146 valence electrons. The first-order chi connectivity index (χ1) is 14.1. The van der Waals surface area contributed by atoms with Crippen LogP contribution in [0.3, 0.4) is 0 Å². The molecule has 3 N–H and O–H groups in total. The number of anilines is 1. The first-order valence-corrected chi connectivity index (χ1v) is 10.3. The summed E-state index contributed by atoms with van der Waals surface area (Å²) in [7, 11) is 0. The number of thiocarbonyl (C=S) groups is 1. The van der Waals surface area contributed by atoms with Crippen LogP contribution in [0.25, 0.3) is 10.9 Å². The zero-order valence-electron chi connectivity index (χ0n) is 16.1. The predicted octanol–water partition coefficient (Wildman–Crippen LogP) is 6.25. The maximum atomic E-state index is 6.22. The van der Waals surface area contributed by atoms with Gasteiger partial charge in [0.05, 0.1) is 0 Å². The van der Waals surface area contributed by atoms with E-state index < -0.39 is 0 Å². The van der Waals surface area contributed by atoms with Crippen LogP contribution in [0, 0.1) is 6.92 Å². The molecule has 3 nitrogen and oxygen atoms in total. The van der Waals surface area contributed by atoms with Crippen LogP contribution in [0.5, 0.6) is 0 Å². The van der Waals surface area contributed by atoms with Gasteiger partial charge in [-0.25, -0.2) is 0 Å². The second-order valence-electron chi connectivity index (χ2n) is 7.00. The second kappa shape index (κ2) is 8.68. The number of rotatable bonds is 5. The fourth-order valence-electron chi connectivity index (χ4n) is 3.58. The number of nitrogens with one attached hydrogen (secondary N) is 3. The van der Waals surface area contributed by atoms with E-state index in [0.29, 0.717) is 11.7 Å². The average molecular weight is 420 g/mol. The maximum Gasteiger partial charge on any atom is 0.170 e. The van der Waals surface area contributed by atoms with Crippen LogP contribution >= 0.6 is 23.8 Å². The number of hydrogen-bond acceptors (Lipinski definition) is 1. The summed E-state index contributed by atoms with van der Waals surface area (Å²) in [4.78, 5) is 3.39. The third-order valence-electron chi connectivity index (χ3n) is 5.18. The number of para-hydroxylation sites is 1. The Morgan fingerprint density at radius 1 is 1.00 bits per heavy atom. The third-order valence-corrected chi connectivity index (χ3v) is 5.84. The first-order valence-electron chi connectivity index (χ1n) is 9.54. The van der Waals surface area contributed by atoms with Gasteiger partial charge >= 0.3 is 0 Å². The summed E-state index contributed by atoms with van der Waals surface area (Å²) in [6.45, 7) is 2.66. The highest BCUT2D eigenvalue weighted by Gasteiger charge is 2.18. The minimum atomic E-state index is 0.160. The number of aromatic amines is 1. The molecule has 1 heterocycles. The van der Waals surface area contributed by atoms with Gasteiger partial charge in [-0.05, 0) is 54.0 Å². The molecule has 0 amide bonds. The highest BCUT2D eigenvalue weighted by atomic mass is 35.5. The number of benzene rings is 3. The number of aromatic nitrogens is 1. The molecule has 4 rings (SSSR count). The van der Waals surface area contributed by atoms with Crippen molar-refractivity contribution in [2.45, 2.75) is 12.8 Å². The smallest absolute Gasteiger partial charge is 0.170 e. The van der Waals surface area contributed by atoms with Gasteiger partial charge in [0.15, 0.2) is 5.11 Å². The summed E-state index contributed by atoms with van der Waals surface area (Å²) in [6.07, 6.45) is 2.10. The lowest BCUT2D eigenvalue weighted by atomic mass is 9.91. The summed E-state index contributed by atoms with van der Waals surface area (Å²) in [5.74, 6) is 0.160. The summed E-state index contributed by atoms with van der Waals surface area (Å²) in [5.41, 5.74) is 5.53. The Bertz CT molecular complexity index is 1140. The number of halogens is 1. The molecule has 0 spiro atoms. The fraction of sp³-hybridized carbons (Fsp3) is 0.125. The molecule has 0 radical (unpaired) electrons. The molecule has 4 aromatic rings. The number of H-pyrrole nitrogens is 1. The molecule has 5 heteroatoms. The molecule has 3 aromatic carbocycles. The Labute approximate surface area is 181 Å². The van der Waals surface area contributed by atoms with Gasteiger partial charge in [-0.15, -0.1) is 0 Å².